The first kappa shape index (κ1) is 15.5. The SMILES string of the molecule is Fc1c(Cl)ccc(Cl)c1[C@H](C1CCCC1)N1CCNCC1. The first-order chi connectivity index (χ1) is 10.2. The van der Waals surface area contributed by atoms with E-state index >= 15 is 0 Å². The highest BCUT2D eigenvalue weighted by Crippen LogP contribution is 2.43. The Bertz CT molecular complexity index is 497. The molecule has 1 N–H and O–H groups in total. The molecule has 1 aromatic rings. The van der Waals surface area contributed by atoms with Crippen molar-refractivity contribution in [2.75, 3.05) is 26.2 Å². The van der Waals surface area contributed by atoms with E-state index in [1.54, 1.807) is 12.1 Å². The maximum Gasteiger partial charge on any atom is 0.148 e. The highest BCUT2D eigenvalue weighted by atomic mass is 35.5. The van der Waals surface area contributed by atoms with E-state index in [0.29, 0.717) is 16.5 Å². The molecule has 1 aliphatic heterocycles. The second-order valence-corrected chi connectivity index (χ2v) is 6.85. The van der Waals surface area contributed by atoms with Crippen molar-refractivity contribution in [3.05, 3.63) is 33.6 Å². The predicted octanol–water partition coefficient (Wildman–Crippen LogP) is 4.27. The van der Waals surface area contributed by atoms with Crippen LogP contribution in [-0.2, 0) is 0 Å². The van der Waals surface area contributed by atoms with Gasteiger partial charge in [0.25, 0.3) is 0 Å². The lowest BCUT2D eigenvalue weighted by atomic mass is 9.89. The highest BCUT2D eigenvalue weighted by molar-refractivity contribution is 6.33. The fraction of sp³-hybridized carbons (Fsp3) is 0.625. The third-order valence-corrected chi connectivity index (χ3v) is 5.39. The van der Waals surface area contributed by atoms with Crippen molar-refractivity contribution >= 4 is 23.2 Å². The number of piperazine rings is 1. The van der Waals surface area contributed by atoms with E-state index in [2.05, 4.69) is 10.2 Å². The molecule has 21 heavy (non-hydrogen) atoms. The van der Waals surface area contributed by atoms with Crippen molar-refractivity contribution < 1.29 is 4.39 Å². The Morgan fingerprint density at radius 2 is 1.71 bits per heavy atom. The molecule has 0 spiro atoms. The van der Waals surface area contributed by atoms with Crippen LogP contribution in [0.1, 0.15) is 37.3 Å². The number of nitrogens with zero attached hydrogens (tertiary/aromatic N) is 1. The Morgan fingerprint density at radius 3 is 2.38 bits per heavy atom. The Labute approximate surface area is 135 Å². The number of nitrogens with one attached hydrogen (secondary N) is 1. The van der Waals surface area contributed by atoms with Gasteiger partial charge in [-0.2, -0.15) is 0 Å². The molecule has 1 aliphatic carbocycles. The molecule has 1 aromatic carbocycles. The molecular formula is C16H21Cl2FN2. The first-order valence-electron chi connectivity index (χ1n) is 7.76. The molecule has 2 nitrogen and oxygen atoms in total. The number of hydrogen-bond acceptors (Lipinski definition) is 2. The summed E-state index contributed by atoms with van der Waals surface area (Å²) in [6.07, 6.45) is 4.76. The molecule has 0 amide bonds. The van der Waals surface area contributed by atoms with Crippen molar-refractivity contribution in [3.8, 4) is 0 Å². The van der Waals surface area contributed by atoms with E-state index in [0.717, 1.165) is 39.0 Å². The van der Waals surface area contributed by atoms with Crippen LogP contribution in [0.15, 0.2) is 12.1 Å². The minimum absolute atomic E-state index is 0.0563. The molecule has 2 fully saturated rings. The molecule has 1 heterocycles. The molecule has 3 rings (SSSR count). The molecule has 1 saturated heterocycles. The summed E-state index contributed by atoms with van der Waals surface area (Å²) in [5, 5.41) is 4.04. The lowest BCUT2D eigenvalue weighted by molar-refractivity contribution is 0.122. The average Bonchev–Trinajstić information content (AvgIpc) is 3.02. The van der Waals surface area contributed by atoms with Gasteiger partial charge in [0.15, 0.2) is 0 Å². The fourth-order valence-corrected chi connectivity index (χ4v) is 4.19. The number of hydrogen-bond donors (Lipinski definition) is 1. The van der Waals surface area contributed by atoms with E-state index in [-0.39, 0.29) is 16.9 Å². The van der Waals surface area contributed by atoms with Crippen LogP contribution in [-0.4, -0.2) is 31.1 Å². The van der Waals surface area contributed by atoms with Gasteiger partial charge in [-0.05, 0) is 30.9 Å². The minimum Gasteiger partial charge on any atom is -0.314 e. The lowest BCUT2D eigenvalue weighted by Crippen LogP contribution is -2.47. The van der Waals surface area contributed by atoms with Crippen LogP contribution < -0.4 is 5.32 Å². The molecular weight excluding hydrogens is 310 g/mol. The van der Waals surface area contributed by atoms with Crippen molar-refractivity contribution in [2.45, 2.75) is 31.7 Å². The summed E-state index contributed by atoms with van der Waals surface area (Å²) in [4.78, 5) is 2.38. The van der Waals surface area contributed by atoms with Crippen LogP contribution in [0.2, 0.25) is 10.0 Å². The molecule has 5 heteroatoms. The summed E-state index contributed by atoms with van der Waals surface area (Å²) in [5.41, 5.74) is 0.609. The van der Waals surface area contributed by atoms with Gasteiger partial charge < -0.3 is 5.32 Å². The summed E-state index contributed by atoms with van der Waals surface area (Å²) >= 11 is 12.4. The Morgan fingerprint density at radius 1 is 1.10 bits per heavy atom. The second kappa shape index (κ2) is 6.82. The number of rotatable bonds is 3. The molecule has 1 saturated carbocycles. The topological polar surface area (TPSA) is 15.3 Å². The van der Waals surface area contributed by atoms with Gasteiger partial charge in [0.05, 0.1) is 5.02 Å². The largest absolute Gasteiger partial charge is 0.314 e. The summed E-state index contributed by atoms with van der Waals surface area (Å²) in [6.45, 7) is 3.76. The van der Waals surface area contributed by atoms with Gasteiger partial charge in [-0.3, -0.25) is 4.90 Å². The molecule has 0 radical (unpaired) electrons. The van der Waals surface area contributed by atoms with E-state index in [1.165, 1.54) is 12.8 Å². The fourth-order valence-electron chi connectivity index (χ4n) is 3.76. The lowest BCUT2D eigenvalue weighted by Gasteiger charge is -2.39. The third-order valence-electron chi connectivity index (χ3n) is 4.77. The van der Waals surface area contributed by atoms with Gasteiger partial charge in [0.2, 0.25) is 0 Å². The van der Waals surface area contributed by atoms with Crippen LogP contribution in [0.4, 0.5) is 4.39 Å². The van der Waals surface area contributed by atoms with Crippen LogP contribution in [0.3, 0.4) is 0 Å². The quantitative estimate of drug-likeness (QED) is 0.832. The van der Waals surface area contributed by atoms with Crippen LogP contribution in [0, 0.1) is 11.7 Å². The van der Waals surface area contributed by atoms with E-state index in [1.807, 2.05) is 0 Å². The maximum absolute atomic E-state index is 14.7. The molecule has 0 unspecified atom stereocenters. The normalized spacial score (nSPS) is 22.6. The van der Waals surface area contributed by atoms with E-state index in [9.17, 15) is 4.39 Å². The smallest absolute Gasteiger partial charge is 0.148 e. The van der Waals surface area contributed by atoms with E-state index < -0.39 is 0 Å². The van der Waals surface area contributed by atoms with Gasteiger partial charge >= 0.3 is 0 Å². The summed E-state index contributed by atoms with van der Waals surface area (Å²) in [7, 11) is 0. The van der Waals surface area contributed by atoms with Gasteiger partial charge in [0, 0.05) is 42.8 Å². The van der Waals surface area contributed by atoms with Crippen molar-refractivity contribution in [1.29, 1.82) is 0 Å². The minimum atomic E-state index is -0.334. The monoisotopic (exact) mass is 330 g/mol. The van der Waals surface area contributed by atoms with Gasteiger partial charge in [-0.15, -0.1) is 0 Å². The Kier molecular flexibility index (Phi) is 5.05. The molecule has 0 bridgehead atoms. The third kappa shape index (κ3) is 3.21. The second-order valence-electron chi connectivity index (χ2n) is 6.03. The first-order valence-corrected chi connectivity index (χ1v) is 8.52. The standard InChI is InChI=1S/C16H21Cl2FN2/c17-12-5-6-13(18)15(19)14(12)16(11-3-1-2-4-11)21-9-7-20-8-10-21/h5-6,11,16,20H,1-4,7-10H2/t16-/m0/s1. The molecule has 2 aliphatic rings. The van der Waals surface area contributed by atoms with E-state index in [4.69, 9.17) is 23.2 Å². The highest BCUT2D eigenvalue weighted by Gasteiger charge is 2.35. The van der Waals surface area contributed by atoms with Crippen molar-refractivity contribution in [1.82, 2.24) is 10.2 Å². The average molecular weight is 331 g/mol. The van der Waals surface area contributed by atoms with Gasteiger partial charge in [-0.25, -0.2) is 4.39 Å². The summed E-state index contributed by atoms with van der Waals surface area (Å²) in [5.74, 6) is 0.146. The van der Waals surface area contributed by atoms with Crippen LogP contribution in [0.5, 0.6) is 0 Å². The Hall–Kier alpha value is -0.350. The Balaban J connectivity index is 1.99. The van der Waals surface area contributed by atoms with Gasteiger partial charge in [0.1, 0.15) is 5.82 Å². The molecule has 0 aromatic heterocycles. The van der Waals surface area contributed by atoms with Crippen LogP contribution in [0.25, 0.3) is 0 Å². The molecule has 1 atom stereocenters. The van der Waals surface area contributed by atoms with Crippen molar-refractivity contribution in [2.24, 2.45) is 5.92 Å². The zero-order valence-corrected chi connectivity index (χ0v) is 13.6. The summed E-state index contributed by atoms with van der Waals surface area (Å²) < 4.78 is 14.7. The zero-order chi connectivity index (χ0) is 14.8. The molecule has 116 valence electrons. The van der Waals surface area contributed by atoms with Crippen molar-refractivity contribution in [3.63, 3.8) is 0 Å². The zero-order valence-electron chi connectivity index (χ0n) is 12.0. The van der Waals surface area contributed by atoms with Crippen LogP contribution >= 0.6 is 23.2 Å². The maximum atomic E-state index is 14.7. The predicted molar refractivity (Wildman–Crippen MR) is 85.6 cm³/mol. The van der Waals surface area contributed by atoms with Gasteiger partial charge in [-0.1, -0.05) is 36.0 Å². The number of halogens is 3. The summed E-state index contributed by atoms with van der Waals surface area (Å²) in [6, 6.07) is 3.33. The number of benzene rings is 1.